The summed E-state index contributed by atoms with van der Waals surface area (Å²) in [6.07, 6.45) is 2.02. The van der Waals surface area contributed by atoms with Gasteiger partial charge in [0.25, 0.3) is 0 Å². The molecule has 0 fully saturated rings. The first-order valence-corrected chi connectivity index (χ1v) is 6.49. The molecule has 0 aliphatic carbocycles. The van der Waals surface area contributed by atoms with E-state index in [1.807, 2.05) is 25.1 Å². The molecule has 1 aromatic heterocycles. The third-order valence-electron chi connectivity index (χ3n) is 3.42. The molecule has 0 aliphatic rings. The Hall–Kier alpha value is -2.42. The van der Waals surface area contributed by atoms with E-state index < -0.39 is 0 Å². The third-order valence-corrected chi connectivity index (χ3v) is 3.42. The number of hydrogen-bond donors (Lipinski definition) is 1. The van der Waals surface area contributed by atoms with Gasteiger partial charge in [0.15, 0.2) is 5.78 Å². The Morgan fingerprint density at radius 3 is 2.65 bits per heavy atom. The normalized spacial score (nSPS) is 10.9. The van der Waals surface area contributed by atoms with Crippen LogP contribution in [0.1, 0.15) is 21.5 Å². The number of H-pyrrole nitrogens is 1. The fourth-order valence-electron chi connectivity index (χ4n) is 2.35. The van der Waals surface area contributed by atoms with Gasteiger partial charge in [-0.1, -0.05) is 24.3 Å². The lowest BCUT2D eigenvalue weighted by Crippen LogP contribution is -2.02. The number of Topliss-reactive ketones (excluding diaryl/α,β-unsaturated/α-hetero) is 1. The summed E-state index contributed by atoms with van der Waals surface area (Å²) in [5, 5.41) is 0.933. The van der Waals surface area contributed by atoms with Gasteiger partial charge < -0.3 is 4.98 Å². The van der Waals surface area contributed by atoms with E-state index in [1.54, 1.807) is 18.3 Å². The average Bonchev–Trinajstić information content (AvgIpc) is 2.84. The van der Waals surface area contributed by atoms with Crippen molar-refractivity contribution in [1.82, 2.24) is 4.98 Å². The first-order valence-electron chi connectivity index (χ1n) is 6.49. The number of halogens is 1. The van der Waals surface area contributed by atoms with Crippen molar-refractivity contribution < 1.29 is 9.18 Å². The number of aromatic nitrogens is 1. The number of aryl methyl sites for hydroxylation is 1. The van der Waals surface area contributed by atoms with Crippen LogP contribution in [0, 0.1) is 12.7 Å². The van der Waals surface area contributed by atoms with Crippen molar-refractivity contribution in [2.24, 2.45) is 0 Å². The Kier molecular flexibility index (Phi) is 3.11. The summed E-state index contributed by atoms with van der Waals surface area (Å²) in [4.78, 5) is 15.5. The second kappa shape index (κ2) is 4.93. The lowest BCUT2D eigenvalue weighted by molar-refractivity contribution is 0.0994. The van der Waals surface area contributed by atoms with Gasteiger partial charge in [-0.15, -0.1) is 0 Å². The molecule has 20 heavy (non-hydrogen) atoms. The smallest absolute Gasteiger partial charge is 0.169 e. The lowest BCUT2D eigenvalue weighted by atomic mass is 10.0. The maximum absolute atomic E-state index is 12.9. The van der Waals surface area contributed by atoms with Gasteiger partial charge in [-0.25, -0.2) is 4.39 Å². The molecular weight excluding hydrogens is 253 g/mol. The summed E-state index contributed by atoms with van der Waals surface area (Å²) in [7, 11) is 0. The third kappa shape index (κ3) is 2.35. The van der Waals surface area contributed by atoms with E-state index >= 15 is 0 Å². The Morgan fingerprint density at radius 2 is 1.90 bits per heavy atom. The number of aromatic amines is 1. The average molecular weight is 267 g/mol. The van der Waals surface area contributed by atoms with E-state index in [2.05, 4.69) is 4.98 Å². The number of ketones is 1. The monoisotopic (exact) mass is 267 g/mol. The van der Waals surface area contributed by atoms with Crippen LogP contribution >= 0.6 is 0 Å². The maximum Gasteiger partial charge on any atom is 0.169 e. The Bertz CT molecular complexity index is 771. The van der Waals surface area contributed by atoms with E-state index in [0.29, 0.717) is 5.56 Å². The SMILES string of the molecule is Cc1ccc2c(C(=O)Cc3ccc(F)cc3)c[nH]c2c1. The molecule has 0 unspecified atom stereocenters. The van der Waals surface area contributed by atoms with Crippen LogP contribution in [-0.2, 0) is 6.42 Å². The zero-order chi connectivity index (χ0) is 14.1. The van der Waals surface area contributed by atoms with Crippen molar-refractivity contribution in [3.05, 3.63) is 71.2 Å². The molecule has 100 valence electrons. The number of nitrogens with one attached hydrogen (secondary N) is 1. The molecule has 0 aliphatic heterocycles. The fourth-order valence-corrected chi connectivity index (χ4v) is 2.35. The number of hydrogen-bond acceptors (Lipinski definition) is 1. The zero-order valence-corrected chi connectivity index (χ0v) is 11.1. The topological polar surface area (TPSA) is 32.9 Å². The molecule has 0 saturated carbocycles. The molecule has 3 rings (SSSR count). The largest absolute Gasteiger partial charge is 0.360 e. The van der Waals surface area contributed by atoms with Gasteiger partial charge >= 0.3 is 0 Å². The molecule has 2 aromatic carbocycles. The van der Waals surface area contributed by atoms with Crippen LogP contribution in [0.25, 0.3) is 10.9 Å². The van der Waals surface area contributed by atoms with Gasteiger partial charge in [0.1, 0.15) is 5.82 Å². The van der Waals surface area contributed by atoms with Gasteiger partial charge in [0.2, 0.25) is 0 Å². The maximum atomic E-state index is 12.9. The fraction of sp³-hybridized carbons (Fsp3) is 0.118. The quantitative estimate of drug-likeness (QED) is 0.714. The van der Waals surface area contributed by atoms with Crippen molar-refractivity contribution in [1.29, 1.82) is 0 Å². The molecule has 0 saturated heterocycles. The van der Waals surface area contributed by atoms with Gasteiger partial charge in [-0.05, 0) is 36.2 Å². The molecule has 3 aromatic rings. The van der Waals surface area contributed by atoms with Crippen LogP contribution < -0.4 is 0 Å². The number of carbonyl (C=O) groups excluding carboxylic acids is 1. The summed E-state index contributed by atoms with van der Waals surface area (Å²) in [5.74, 6) is -0.254. The molecular formula is C17H14FNO. The van der Waals surface area contributed by atoms with Crippen LogP contribution in [0.15, 0.2) is 48.7 Å². The highest BCUT2D eigenvalue weighted by atomic mass is 19.1. The van der Waals surface area contributed by atoms with E-state index in [-0.39, 0.29) is 18.0 Å². The summed E-state index contributed by atoms with van der Waals surface area (Å²) < 4.78 is 12.9. The predicted molar refractivity (Wildman–Crippen MR) is 77.5 cm³/mol. The molecule has 1 N–H and O–H groups in total. The molecule has 0 radical (unpaired) electrons. The van der Waals surface area contributed by atoms with E-state index in [0.717, 1.165) is 22.0 Å². The zero-order valence-electron chi connectivity index (χ0n) is 11.1. The summed E-state index contributed by atoms with van der Waals surface area (Å²) in [6, 6.07) is 12.0. The number of carbonyl (C=O) groups is 1. The van der Waals surface area contributed by atoms with Crippen LogP contribution in [0.2, 0.25) is 0 Å². The van der Waals surface area contributed by atoms with Gasteiger partial charge in [-0.3, -0.25) is 4.79 Å². The summed E-state index contributed by atoms with van der Waals surface area (Å²) >= 11 is 0. The Balaban J connectivity index is 1.91. The minimum atomic E-state index is -0.288. The van der Waals surface area contributed by atoms with Crippen molar-refractivity contribution in [3.63, 3.8) is 0 Å². The minimum Gasteiger partial charge on any atom is -0.360 e. The second-order valence-electron chi connectivity index (χ2n) is 4.98. The first kappa shape index (κ1) is 12.6. The highest BCUT2D eigenvalue weighted by Crippen LogP contribution is 2.21. The molecule has 0 amide bonds. The highest BCUT2D eigenvalue weighted by molar-refractivity contribution is 6.08. The van der Waals surface area contributed by atoms with Crippen LogP contribution in [0.5, 0.6) is 0 Å². The molecule has 0 atom stereocenters. The van der Waals surface area contributed by atoms with Gasteiger partial charge in [-0.2, -0.15) is 0 Å². The van der Waals surface area contributed by atoms with Gasteiger partial charge in [0.05, 0.1) is 0 Å². The van der Waals surface area contributed by atoms with E-state index in [1.165, 1.54) is 12.1 Å². The van der Waals surface area contributed by atoms with E-state index in [9.17, 15) is 9.18 Å². The minimum absolute atomic E-state index is 0.0340. The molecule has 2 nitrogen and oxygen atoms in total. The number of fused-ring (bicyclic) bond motifs is 1. The van der Waals surface area contributed by atoms with Crippen LogP contribution in [0.4, 0.5) is 4.39 Å². The predicted octanol–water partition coefficient (Wildman–Crippen LogP) is 4.04. The second-order valence-corrected chi connectivity index (χ2v) is 4.98. The molecule has 3 heteroatoms. The molecule has 1 heterocycles. The van der Waals surface area contributed by atoms with Gasteiger partial charge in [0, 0.05) is 29.1 Å². The molecule has 0 spiro atoms. The Labute approximate surface area is 116 Å². The number of rotatable bonds is 3. The van der Waals surface area contributed by atoms with Crippen molar-refractivity contribution in [2.75, 3.05) is 0 Å². The summed E-state index contributed by atoms with van der Waals surface area (Å²) in [6.45, 7) is 2.01. The van der Waals surface area contributed by atoms with Crippen molar-refractivity contribution in [3.8, 4) is 0 Å². The standard InChI is InChI=1S/C17H14FNO/c1-11-2-7-14-15(10-19-16(14)8-11)17(20)9-12-3-5-13(18)6-4-12/h2-8,10,19H,9H2,1H3. The Morgan fingerprint density at radius 1 is 1.15 bits per heavy atom. The summed E-state index contributed by atoms with van der Waals surface area (Å²) in [5.41, 5.74) is 3.62. The van der Waals surface area contributed by atoms with E-state index in [4.69, 9.17) is 0 Å². The lowest BCUT2D eigenvalue weighted by Gasteiger charge is -2.01. The van der Waals surface area contributed by atoms with Crippen molar-refractivity contribution >= 4 is 16.7 Å². The highest BCUT2D eigenvalue weighted by Gasteiger charge is 2.12. The van der Waals surface area contributed by atoms with Crippen molar-refractivity contribution in [2.45, 2.75) is 13.3 Å². The first-order chi connectivity index (χ1) is 9.63. The van der Waals surface area contributed by atoms with Crippen LogP contribution in [-0.4, -0.2) is 10.8 Å². The number of benzene rings is 2. The van der Waals surface area contributed by atoms with Crippen LogP contribution in [0.3, 0.4) is 0 Å². The molecule has 0 bridgehead atoms.